The van der Waals surface area contributed by atoms with Crippen LogP contribution < -0.4 is 0 Å². The first-order chi connectivity index (χ1) is 7.31. The SMILES string of the molecule is CCC1CCCN1Cc1ccccc1O. The Kier molecular flexibility index (Phi) is 3.27. The van der Waals surface area contributed by atoms with Gasteiger partial charge in [0.25, 0.3) is 0 Å². The number of phenolic OH excluding ortho intramolecular Hbond substituents is 1. The number of benzene rings is 1. The molecule has 0 saturated carbocycles. The van der Waals surface area contributed by atoms with Crippen LogP contribution in [0.2, 0.25) is 0 Å². The molecule has 0 spiro atoms. The van der Waals surface area contributed by atoms with Crippen LogP contribution >= 0.6 is 0 Å². The summed E-state index contributed by atoms with van der Waals surface area (Å²) < 4.78 is 0. The molecule has 1 N–H and O–H groups in total. The number of aromatic hydroxyl groups is 1. The van der Waals surface area contributed by atoms with Gasteiger partial charge in [0.15, 0.2) is 0 Å². The van der Waals surface area contributed by atoms with E-state index in [9.17, 15) is 5.11 Å². The van der Waals surface area contributed by atoms with Crippen molar-refractivity contribution in [2.24, 2.45) is 0 Å². The van der Waals surface area contributed by atoms with E-state index in [4.69, 9.17) is 0 Å². The number of likely N-dealkylation sites (tertiary alicyclic amines) is 1. The van der Waals surface area contributed by atoms with E-state index in [-0.39, 0.29) is 0 Å². The zero-order valence-electron chi connectivity index (χ0n) is 9.32. The van der Waals surface area contributed by atoms with Gasteiger partial charge < -0.3 is 5.11 Å². The Morgan fingerprint density at radius 2 is 2.20 bits per heavy atom. The summed E-state index contributed by atoms with van der Waals surface area (Å²) >= 11 is 0. The molecule has 0 radical (unpaired) electrons. The Bertz CT molecular complexity index is 324. The summed E-state index contributed by atoms with van der Waals surface area (Å²) in [6.45, 7) is 4.31. The highest BCUT2D eigenvalue weighted by Crippen LogP contribution is 2.25. The van der Waals surface area contributed by atoms with E-state index >= 15 is 0 Å². The maximum atomic E-state index is 9.70. The number of hydrogen-bond donors (Lipinski definition) is 1. The van der Waals surface area contributed by atoms with Crippen molar-refractivity contribution in [2.75, 3.05) is 6.54 Å². The van der Waals surface area contributed by atoms with Gasteiger partial charge in [0, 0.05) is 18.2 Å². The van der Waals surface area contributed by atoms with Gasteiger partial charge in [0.05, 0.1) is 0 Å². The molecule has 1 saturated heterocycles. The largest absolute Gasteiger partial charge is 0.508 e. The first kappa shape index (κ1) is 10.5. The maximum absolute atomic E-state index is 9.70. The summed E-state index contributed by atoms with van der Waals surface area (Å²) in [6, 6.07) is 8.36. The lowest BCUT2D eigenvalue weighted by Crippen LogP contribution is -2.28. The van der Waals surface area contributed by atoms with E-state index in [0.717, 1.165) is 12.1 Å². The summed E-state index contributed by atoms with van der Waals surface area (Å²) in [6.07, 6.45) is 3.82. The van der Waals surface area contributed by atoms with Crippen LogP contribution in [0.1, 0.15) is 31.7 Å². The molecule has 1 unspecified atom stereocenters. The molecule has 15 heavy (non-hydrogen) atoms. The molecule has 0 aliphatic carbocycles. The number of phenols is 1. The highest BCUT2D eigenvalue weighted by molar-refractivity contribution is 5.31. The molecule has 82 valence electrons. The van der Waals surface area contributed by atoms with Gasteiger partial charge in [0.2, 0.25) is 0 Å². The molecule has 0 amide bonds. The highest BCUT2D eigenvalue weighted by Gasteiger charge is 2.23. The maximum Gasteiger partial charge on any atom is 0.120 e. The fourth-order valence-electron chi connectivity index (χ4n) is 2.43. The van der Waals surface area contributed by atoms with Gasteiger partial charge in [-0.25, -0.2) is 0 Å². The normalized spacial score (nSPS) is 22.1. The van der Waals surface area contributed by atoms with Crippen molar-refractivity contribution >= 4 is 0 Å². The van der Waals surface area contributed by atoms with Crippen molar-refractivity contribution < 1.29 is 5.11 Å². The molecule has 2 rings (SSSR count). The fourth-order valence-corrected chi connectivity index (χ4v) is 2.43. The minimum absolute atomic E-state index is 0.430. The highest BCUT2D eigenvalue weighted by atomic mass is 16.3. The molecule has 1 atom stereocenters. The molecule has 0 aromatic heterocycles. The molecular formula is C13H19NO. The Morgan fingerprint density at radius 3 is 2.93 bits per heavy atom. The van der Waals surface area contributed by atoms with Crippen LogP contribution in [0.3, 0.4) is 0 Å². The summed E-state index contributed by atoms with van der Waals surface area (Å²) in [5.41, 5.74) is 1.05. The van der Waals surface area contributed by atoms with Crippen LogP contribution in [0.25, 0.3) is 0 Å². The van der Waals surface area contributed by atoms with Gasteiger partial charge in [-0.15, -0.1) is 0 Å². The molecule has 2 nitrogen and oxygen atoms in total. The summed E-state index contributed by atoms with van der Waals surface area (Å²) in [7, 11) is 0. The standard InChI is InChI=1S/C13H19NO/c1-2-12-7-5-9-14(12)10-11-6-3-4-8-13(11)15/h3-4,6,8,12,15H,2,5,7,9-10H2,1H3. The molecule has 0 bridgehead atoms. The molecule has 1 aromatic rings. The van der Waals surface area contributed by atoms with Crippen molar-refractivity contribution in [3.63, 3.8) is 0 Å². The van der Waals surface area contributed by atoms with Crippen molar-refractivity contribution in [1.29, 1.82) is 0 Å². The Labute approximate surface area is 91.5 Å². The van der Waals surface area contributed by atoms with Crippen LogP contribution in [0, 0.1) is 0 Å². The predicted octanol–water partition coefficient (Wildman–Crippen LogP) is 2.77. The van der Waals surface area contributed by atoms with Gasteiger partial charge in [-0.2, -0.15) is 0 Å². The van der Waals surface area contributed by atoms with E-state index in [1.165, 1.54) is 25.8 Å². The smallest absolute Gasteiger partial charge is 0.120 e. The van der Waals surface area contributed by atoms with Crippen molar-refractivity contribution in [2.45, 2.75) is 38.8 Å². The first-order valence-corrected chi connectivity index (χ1v) is 5.82. The topological polar surface area (TPSA) is 23.5 Å². The quantitative estimate of drug-likeness (QED) is 0.820. The second kappa shape index (κ2) is 4.67. The van der Waals surface area contributed by atoms with Crippen molar-refractivity contribution in [3.05, 3.63) is 29.8 Å². The van der Waals surface area contributed by atoms with E-state index < -0.39 is 0 Å². The second-order valence-corrected chi connectivity index (χ2v) is 4.30. The summed E-state index contributed by atoms with van der Waals surface area (Å²) in [4.78, 5) is 2.48. The predicted molar refractivity (Wildman–Crippen MR) is 61.8 cm³/mol. The number of nitrogens with zero attached hydrogens (tertiary/aromatic N) is 1. The third kappa shape index (κ3) is 2.32. The van der Waals surface area contributed by atoms with E-state index in [0.29, 0.717) is 11.8 Å². The Balaban J connectivity index is 2.05. The number of rotatable bonds is 3. The number of para-hydroxylation sites is 1. The Hall–Kier alpha value is -1.02. The third-order valence-electron chi connectivity index (χ3n) is 3.34. The van der Waals surface area contributed by atoms with Gasteiger partial charge >= 0.3 is 0 Å². The van der Waals surface area contributed by atoms with Crippen LogP contribution in [0.15, 0.2) is 24.3 Å². The molecular weight excluding hydrogens is 186 g/mol. The van der Waals surface area contributed by atoms with Crippen LogP contribution in [0.5, 0.6) is 5.75 Å². The van der Waals surface area contributed by atoms with E-state index in [1.807, 2.05) is 18.2 Å². The van der Waals surface area contributed by atoms with Gasteiger partial charge in [-0.1, -0.05) is 25.1 Å². The minimum Gasteiger partial charge on any atom is -0.508 e. The minimum atomic E-state index is 0.430. The van der Waals surface area contributed by atoms with E-state index in [2.05, 4.69) is 11.8 Å². The average Bonchev–Trinajstić information content (AvgIpc) is 2.69. The lowest BCUT2D eigenvalue weighted by Gasteiger charge is -2.23. The van der Waals surface area contributed by atoms with Gasteiger partial charge in [0.1, 0.15) is 5.75 Å². The van der Waals surface area contributed by atoms with Crippen molar-refractivity contribution in [1.82, 2.24) is 4.90 Å². The van der Waals surface area contributed by atoms with Gasteiger partial charge in [-0.3, -0.25) is 4.90 Å². The van der Waals surface area contributed by atoms with Crippen LogP contribution in [-0.2, 0) is 6.54 Å². The van der Waals surface area contributed by atoms with Crippen LogP contribution in [-0.4, -0.2) is 22.6 Å². The lowest BCUT2D eigenvalue weighted by atomic mass is 10.1. The monoisotopic (exact) mass is 205 g/mol. The van der Waals surface area contributed by atoms with Crippen molar-refractivity contribution in [3.8, 4) is 5.75 Å². The van der Waals surface area contributed by atoms with Gasteiger partial charge in [-0.05, 0) is 31.9 Å². The van der Waals surface area contributed by atoms with Crippen LogP contribution in [0.4, 0.5) is 0 Å². The fraction of sp³-hybridized carbons (Fsp3) is 0.538. The molecule has 1 aliphatic heterocycles. The second-order valence-electron chi connectivity index (χ2n) is 4.30. The zero-order valence-corrected chi connectivity index (χ0v) is 9.32. The average molecular weight is 205 g/mol. The summed E-state index contributed by atoms with van der Waals surface area (Å²) in [5.74, 6) is 0.430. The van der Waals surface area contributed by atoms with E-state index in [1.54, 1.807) is 6.07 Å². The Morgan fingerprint density at radius 1 is 1.40 bits per heavy atom. The molecule has 1 fully saturated rings. The molecule has 1 aromatic carbocycles. The summed E-state index contributed by atoms with van der Waals surface area (Å²) in [5, 5.41) is 9.70. The lowest BCUT2D eigenvalue weighted by molar-refractivity contribution is 0.237. The first-order valence-electron chi connectivity index (χ1n) is 5.82. The molecule has 1 heterocycles. The number of hydrogen-bond acceptors (Lipinski definition) is 2. The molecule has 1 aliphatic rings. The zero-order chi connectivity index (χ0) is 10.7. The third-order valence-corrected chi connectivity index (χ3v) is 3.34. The molecule has 2 heteroatoms.